The number of ketones is 1. The molecule has 3 N–H and O–H groups in total. The van der Waals surface area contributed by atoms with Gasteiger partial charge in [0.2, 0.25) is 5.78 Å². The number of nitrogen functional groups attached to an aromatic ring is 1. The van der Waals surface area contributed by atoms with E-state index >= 15 is 0 Å². The minimum atomic E-state index is -0.737. The number of hydrogen-bond acceptors (Lipinski definition) is 6. The average molecular weight is 710 g/mol. The maximum absolute atomic E-state index is 12.2. The summed E-state index contributed by atoms with van der Waals surface area (Å²) in [7, 11) is 1.37. The molecule has 266 valence electrons. The van der Waals surface area contributed by atoms with E-state index in [2.05, 4.69) is 25.8 Å². The van der Waals surface area contributed by atoms with Gasteiger partial charge in [-0.15, -0.1) is 0 Å². The van der Waals surface area contributed by atoms with Crippen molar-refractivity contribution in [2.24, 2.45) is 0 Å². The fraction of sp³-hybridized carbons (Fsp3) is 0.0652. The first-order valence-corrected chi connectivity index (χ1v) is 17.0. The molecule has 0 bridgehead atoms. The summed E-state index contributed by atoms with van der Waals surface area (Å²) in [5.41, 5.74) is 13.0. The zero-order valence-electron chi connectivity index (χ0n) is 29.7. The third-order valence-electron chi connectivity index (χ3n) is 7.79. The average Bonchev–Trinajstić information content (AvgIpc) is 3.64. The van der Waals surface area contributed by atoms with E-state index in [9.17, 15) is 9.59 Å². The number of nitriles is 1. The van der Waals surface area contributed by atoms with Gasteiger partial charge in [0.05, 0.1) is 36.4 Å². The summed E-state index contributed by atoms with van der Waals surface area (Å²) in [6.45, 7) is 7.18. The zero-order valence-corrected chi connectivity index (χ0v) is 29.7. The molecule has 0 saturated heterocycles. The number of esters is 1. The fourth-order valence-electron chi connectivity index (χ4n) is 5.13. The molecule has 0 amide bonds. The molecule has 0 aliphatic heterocycles. The van der Waals surface area contributed by atoms with Crippen LogP contribution < -0.4 is 5.73 Å². The topological polar surface area (TPSA) is 126 Å². The molecule has 1 atom stereocenters. The number of aromatic amines is 1. The van der Waals surface area contributed by atoms with Crippen LogP contribution in [0.25, 0.3) is 27.2 Å². The van der Waals surface area contributed by atoms with Crippen molar-refractivity contribution in [3.8, 4) is 28.5 Å². The van der Waals surface area contributed by atoms with E-state index in [1.54, 1.807) is 48.5 Å². The molecule has 1 unspecified atom stereocenters. The lowest BCUT2D eigenvalue weighted by molar-refractivity contribution is 0.0600. The molecular weight excluding hydrogens is 671 g/mol. The van der Waals surface area contributed by atoms with Gasteiger partial charge in [0.1, 0.15) is 0 Å². The normalized spacial score (nSPS) is 10.1. The minimum absolute atomic E-state index is 0.146. The van der Waals surface area contributed by atoms with Crippen LogP contribution >= 0.6 is 0 Å². The van der Waals surface area contributed by atoms with Crippen molar-refractivity contribution in [2.75, 3.05) is 12.8 Å². The number of H-pyrrole nitrogens is 1. The molecule has 54 heavy (non-hydrogen) atoms. The minimum Gasteiger partial charge on any atom is -0.465 e. The van der Waals surface area contributed by atoms with Crippen molar-refractivity contribution < 1.29 is 14.3 Å². The van der Waals surface area contributed by atoms with E-state index in [1.807, 2.05) is 133 Å². The van der Waals surface area contributed by atoms with E-state index < -0.39 is 6.04 Å². The number of nitrogens with zero attached hydrogens (tertiary/aromatic N) is 3. The van der Waals surface area contributed by atoms with Crippen molar-refractivity contribution in [2.45, 2.75) is 12.5 Å². The number of ether oxygens (including phenoxy) is 1. The molecule has 7 aromatic rings. The van der Waals surface area contributed by atoms with Crippen LogP contribution in [0.5, 0.6) is 0 Å². The van der Waals surface area contributed by atoms with Gasteiger partial charge in [0.25, 0.3) is 0 Å². The van der Waals surface area contributed by atoms with Crippen molar-refractivity contribution in [1.29, 1.82) is 5.26 Å². The van der Waals surface area contributed by atoms with Crippen LogP contribution in [0.4, 0.5) is 5.82 Å². The second-order valence-corrected chi connectivity index (χ2v) is 11.4. The van der Waals surface area contributed by atoms with Gasteiger partial charge in [-0.3, -0.25) is 14.7 Å². The van der Waals surface area contributed by atoms with Crippen LogP contribution in [-0.2, 0) is 11.2 Å². The second kappa shape index (κ2) is 21.6. The van der Waals surface area contributed by atoms with Gasteiger partial charge < -0.3 is 10.5 Å². The standard InChI is InChI=1S/C15H13N3.C15H11NO.C8H7N.C8H8O2/c16-15-13(11-7-3-1-4-8-11)14(17-18-15)12-9-5-2-6-10-12;1-16-14(12-8-4-2-5-9-12)15(17)13-10-6-3-7-11-13;9-7-6-8-4-2-1-3-5-8;1-10-8(9)7-5-3-2-4-6-7/h1-10H,(H3,16,17,18);2-11,14H;1-5H,6H2;2-6H,1H3. The Hall–Kier alpha value is -7.55. The van der Waals surface area contributed by atoms with Crippen molar-refractivity contribution >= 4 is 17.6 Å². The summed E-state index contributed by atoms with van der Waals surface area (Å²) in [5, 5.41) is 15.4. The highest BCUT2D eigenvalue weighted by Gasteiger charge is 2.26. The predicted octanol–water partition coefficient (Wildman–Crippen LogP) is 10.1. The van der Waals surface area contributed by atoms with Crippen LogP contribution in [0.15, 0.2) is 182 Å². The van der Waals surface area contributed by atoms with Crippen LogP contribution in [0.2, 0.25) is 0 Å². The summed E-state index contributed by atoms with van der Waals surface area (Å²) < 4.78 is 4.50. The van der Waals surface area contributed by atoms with Crippen molar-refractivity contribution in [3.05, 3.63) is 216 Å². The van der Waals surface area contributed by atoms with Crippen molar-refractivity contribution in [1.82, 2.24) is 10.2 Å². The van der Waals surface area contributed by atoms with E-state index in [0.29, 0.717) is 23.4 Å². The lowest BCUT2D eigenvalue weighted by atomic mass is 9.98. The second-order valence-electron chi connectivity index (χ2n) is 11.4. The molecule has 0 saturated carbocycles. The third kappa shape index (κ3) is 11.8. The van der Waals surface area contributed by atoms with Crippen LogP contribution in [0, 0.1) is 17.9 Å². The zero-order chi connectivity index (χ0) is 38.4. The number of hydrogen-bond donors (Lipinski definition) is 2. The van der Waals surface area contributed by atoms with E-state index in [-0.39, 0.29) is 11.8 Å². The molecule has 0 fully saturated rings. The summed E-state index contributed by atoms with van der Waals surface area (Å²) in [5.74, 6) is 0.0902. The largest absolute Gasteiger partial charge is 0.465 e. The van der Waals surface area contributed by atoms with E-state index in [4.69, 9.17) is 17.6 Å². The van der Waals surface area contributed by atoms with Crippen molar-refractivity contribution in [3.63, 3.8) is 0 Å². The number of Topliss-reactive ketones (excluding diaryl/α,β-unsaturated/α-hetero) is 1. The van der Waals surface area contributed by atoms with Crippen LogP contribution in [0.3, 0.4) is 0 Å². The number of anilines is 1. The molecule has 0 spiro atoms. The number of nitrogens with two attached hydrogens (primary N) is 1. The SMILES string of the molecule is COC(=O)c1ccccc1.N#CCc1ccccc1.Nc1n[nH]c(-c2ccccc2)c1-c1ccccc1.[C-]#[N+]C(C(=O)c1ccccc1)c1ccccc1. The molecule has 0 radical (unpaired) electrons. The predicted molar refractivity (Wildman–Crippen MR) is 214 cm³/mol. The Bertz CT molecular complexity index is 2230. The summed E-state index contributed by atoms with van der Waals surface area (Å²) >= 11 is 0. The molecule has 8 heteroatoms. The number of nitrogens with one attached hydrogen (secondary N) is 1. The van der Waals surface area contributed by atoms with Gasteiger partial charge >= 0.3 is 12.0 Å². The smallest absolute Gasteiger partial charge is 0.337 e. The molecule has 0 aliphatic carbocycles. The quantitative estimate of drug-likeness (QED) is 0.0964. The first-order chi connectivity index (χ1) is 26.5. The number of rotatable bonds is 7. The van der Waals surface area contributed by atoms with E-state index in [0.717, 1.165) is 33.5 Å². The van der Waals surface area contributed by atoms with Crippen LogP contribution in [0.1, 0.15) is 37.9 Å². The van der Waals surface area contributed by atoms with Gasteiger partial charge in [-0.1, -0.05) is 170 Å². The Kier molecular flexibility index (Phi) is 15.7. The maximum Gasteiger partial charge on any atom is 0.337 e. The summed E-state index contributed by atoms with van der Waals surface area (Å²) in [6, 6.07) is 58.2. The highest BCUT2D eigenvalue weighted by Crippen LogP contribution is 2.34. The van der Waals surface area contributed by atoms with Crippen LogP contribution in [-0.4, -0.2) is 29.1 Å². The lowest BCUT2D eigenvalue weighted by Gasteiger charge is -2.04. The van der Waals surface area contributed by atoms with Gasteiger partial charge in [0.15, 0.2) is 5.82 Å². The fourth-order valence-corrected chi connectivity index (χ4v) is 5.13. The summed E-state index contributed by atoms with van der Waals surface area (Å²) in [6.07, 6.45) is 0.515. The Morgan fingerprint density at radius 3 is 1.63 bits per heavy atom. The Balaban J connectivity index is 0.000000168. The third-order valence-corrected chi connectivity index (χ3v) is 7.79. The van der Waals surface area contributed by atoms with Gasteiger partial charge in [-0.25, -0.2) is 11.4 Å². The lowest BCUT2D eigenvalue weighted by Crippen LogP contribution is -2.09. The first-order valence-electron chi connectivity index (χ1n) is 17.0. The highest BCUT2D eigenvalue weighted by atomic mass is 16.5. The maximum atomic E-state index is 12.2. The highest BCUT2D eigenvalue weighted by molar-refractivity contribution is 6.01. The van der Waals surface area contributed by atoms with E-state index in [1.165, 1.54) is 7.11 Å². The number of methoxy groups -OCH3 is 1. The van der Waals surface area contributed by atoms with Gasteiger partial charge in [-0.2, -0.15) is 10.4 Å². The van der Waals surface area contributed by atoms with Gasteiger partial charge in [-0.05, 0) is 23.3 Å². The molecule has 0 aliphatic rings. The molecule has 8 nitrogen and oxygen atoms in total. The monoisotopic (exact) mass is 709 g/mol. The molecule has 7 rings (SSSR count). The summed E-state index contributed by atoms with van der Waals surface area (Å²) in [4.78, 5) is 26.4. The molecule has 1 heterocycles. The Labute approximate surface area is 316 Å². The number of aromatic nitrogens is 2. The molecule has 6 aromatic carbocycles. The van der Waals surface area contributed by atoms with Gasteiger partial charge in [0, 0.05) is 16.7 Å². The molecular formula is C46H39N5O3. The Morgan fingerprint density at radius 1 is 0.704 bits per heavy atom. The first kappa shape index (κ1) is 39.2. The number of carbonyl (C=O) groups excluding carboxylic acids is 2. The number of carbonyl (C=O) groups is 2. The molecule has 1 aromatic heterocycles. The number of benzene rings is 6. The Morgan fingerprint density at radius 2 is 1.15 bits per heavy atom.